The Morgan fingerprint density at radius 1 is 1.00 bits per heavy atom. The van der Waals surface area contributed by atoms with Gasteiger partial charge in [0.05, 0.1) is 17.1 Å². The van der Waals surface area contributed by atoms with Crippen LogP contribution in [0.3, 0.4) is 0 Å². The maximum atomic E-state index is 11.4. The van der Waals surface area contributed by atoms with Gasteiger partial charge >= 0.3 is 0 Å². The van der Waals surface area contributed by atoms with E-state index in [2.05, 4.69) is 35.8 Å². The van der Waals surface area contributed by atoms with Crippen molar-refractivity contribution in [1.29, 1.82) is 0 Å². The largest absolute Gasteiger partial charge is 0.319 e. The number of ketones is 1. The molecule has 3 aromatic rings. The highest BCUT2D eigenvalue weighted by atomic mass is 32.2. The van der Waals surface area contributed by atoms with Gasteiger partial charge in [0.1, 0.15) is 5.78 Å². The van der Waals surface area contributed by atoms with Crippen molar-refractivity contribution in [3.63, 3.8) is 0 Å². The Hall–Kier alpha value is -2.33. The Bertz CT molecular complexity index is 826. The van der Waals surface area contributed by atoms with Crippen LogP contribution in [0.4, 0.5) is 0 Å². The second kappa shape index (κ2) is 7.49. The predicted molar refractivity (Wildman–Crippen MR) is 100 cm³/mol. The second-order valence-electron chi connectivity index (χ2n) is 5.56. The molecule has 0 saturated heterocycles. The highest BCUT2D eigenvalue weighted by molar-refractivity contribution is 7.99. The number of aromatic nitrogens is 2. The molecule has 0 bridgehead atoms. The fourth-order valence-electron chi connectivity index (χ4n) is 2.69. The summed E-state index contributed by atoms with van der Waals surface area (Å²) < 4.78 is 2.20. The Balaban J connectivity index is 2.17. The summed E-state index contributed by atoms with van der Waals surface area (Å²) in [4.78, 5) is 16.3. The fourth-order valence-corrected chi connectivity index (χ4v) is 3.55. The van der Waals surface area contributed by atoms with Crippen LogP contribution in [0, 0.1) is 0 Å². The van der Waals surface area contributed by atoms with Crippen LogP contribution in [0.25, 0.3) is 22.5 Å². The van der Waals surface area contributed by atoms with Crippen molar-refractivity contribution in [3.8, 4) is 22.5 Å². The molecular formula is C20H20N2OS. The smallest absolute Gasteiger partial charge is 0.169 e. The monoisotopic (exact) mass is 336 g/mol. The molecule has 0 unspecified atom stereocenters. The third-order valence-electron chi connectivity index (χ3n) is 3.75. The third kappa shape index (κ3) is 3.44. The van der Waals surface area contributed by atoms with Crippen molar-refractivity contribution >= 4 is 17.5 Å². The molecule has 0 aliphatic carbocycles. The van der Waals surface area contributed by atoms with Crippen LogP contribution in [-0.4, -0.2) is 21.1 Å². The maximum absolute atomic E-state index is 11.4. The average Bonchev–Trinajstić information content (AvgIpc) is 3.00. The van der Waals surface area contributed by atoms with E-state index < -0.39 is 0 Å². The zero-order chi connectivity index (χ0) is 16.9. The van der Waals surface area contributed by atoms with Gasteiger partial charge in [-0.1, -0.05) is 72.4 Å². The average molecular weight is 336 g/mol. The first-order valence-electron chi connectivity index (χ1n) is 8.04. The Kier molecular flexibility index (Phi) is 5.16. The number of thioether (sulfide) groups is 1. The van der Waals surface area contributed by atoms with E-state index in [0.29, 0.717) is 5.75 Å². The quantitative estimate of drug-likeness (QED) is 0.599. The molecular weight excluding hydrogens is 316 g/mol. The molecule has 122 valence electrons. The van der Waals surface area contributed by atoms with Gasteiger partial charge in [0.15, 0.2) is 5.16 Å². The summed E-state index contributed by atoms with van der Waals surface area (Å²) >= 11 is 1.51. The predicted octanol–water partition coefficient (Wildman–Crippen LogP) is 4.92. The lowest BCUT2D eigenvalue weighted by atomic mass is 10.0. The summed E-state index contributed by atoms with van der Waals surface area (Å²) in [6, 6.07) is 20.5. The number of benzene rings is 2. The van der Waals surface area contributed by atoms with Gasteiger partial charge in [0.2, 0.25) is 0 Å². The number of imidazole rings is 1. The molecule has 0 amide bonds. The first-order valence-corrected chi connectivity index (χ1v) is 9.03. The number of hydrogen-bond donors (Lipinski definition) is 0. The van der Waals surface area contributed by atoms with Crippen molar-refractivity contribution < 1.29 is 4.79 Å². The van der Waals surface area contributed by atoms with E-state index in [1.54, 1.807) is 6.92 Å². The number of nitrogens with zero attached hydrogens (tertiary/aromatic N) is 2. The van der Waals surface area contributed by atoms with Crippen molar-refractivity contribution in [3.05, 3.63) is 60.7 Å². The number of Topliss-reactive ketones (excluding diaryl/α,β-unsaturated/α-hetero) is 1. The first-order chi connectivity index (χ1) is 11.7. The maximum Gasteiger partial charge on any atom is 0.169 e. The summed E-state index contributed by atoms with van der Waals surface area (Å²) in [6.07, 6.45) is 0. The van der Waals surface area contributed by atoms with Crippen molar-refractivity contribution in [2.24, 2.45) is 0 Å². The lowest BCUT2D eigenvalue weighted by Crippen LogP contribution is -2.01. The minimum Gasteiger partial charge on any atom is -0.319 e. The van der Waals surface area contributed by atoms with E-state index >= 15 is 0 Å². The summed E-state index contributed by atoms with van der Waals surface area (Å²) in [5.74, 6) is 0.604. The van der Waals surface area contributed by atoms with Gasteiger partial charge in [-0.15, -0.1) is 0 Å². The molecule has 24 heavy (non-hydrogen) atoms. The molecule has 0 spiro atoms. The SMILES string of the molecule is CCn1c(SCC(C)=O)nc(-c2ccccc2)c1-c1ccccc1. The summed E-state index contributed by atoms with van der Waals surface area (Å²) in [7, 11) is 0. The molecule has 3 rings (SSSR count). The normalized spacial score (nSPS) is 10.8. The van der Waals surface area contributed by atoms with E-state index in [0.717, 1.165) is 34.2 Å². The van der Waals surface area contributed by atoms with Gasteiger partial charge in [0, 0.05) is 17.7 Å². The molecule has 0 aliphatic heterocycles. The van der Waals surface area contributed by atoms with Crippen LogP contribution in [0.5, 0.6) is 0 Å². The number of rotatable bonds is 6. The van der Waals surface area contributed by atoms with Gasteiger partial charge in [-0.25, -0.2) is 4.98 Å². The summed E-state index contributed by atoms with van der Waals surface area (Å²) in [5, 5.41) is 0.894. The van der Waals surface area contributed by atoms with Gasteiger partial charge in [-0.05, 0) is 13.8 Å². The minimum absolute atomic E-state index is 0.160. The number of hydrogen-bond acceptors (Lipinski definition) is 3. The molecule has 3 nitrogen and oxygen atoms in total. The van der Waals surface area contributed by atoms with Crippen LogP contribution in [-0.2, 0) is 11.3 Å². The molecule has 2 aromatic carbocycles. The van der Waals surface area contributed by atoms with E-state index in [1.165, 1.54) is 11.8 Å². The molecule has 0 atom stereocenters. The van der Waals surface area contributed by atoms with Crippen LogP contribution in [0.2, 0.25) is 0 Å². The van der Waals surface area contributed by atoms with E-state index in [4.69, 9.17) is 4.98 Å². The zero-order valence-electron chi connectivity index (χ0n) is 13.9. The molecule has 0 saturated carbocycles. The minimum atomic E-state index is 0.160. The van der Waals surface area contributed by atoms with Gasteiger partial charge in [0.25, 0.3) is 0 Å². The molecule has 0 radical (unpaired) electrons. The molecule has 1 heterocycles. The topological polar surface area (TPSA) is 34.9 Å². The molecule has 0 fully saturated rings. The number of carbonyl (C=O) groups excluding carboxylic acids is 1. The van der Waals surface area contributed by atoms with Crippen molar-refractivity contribution in [2.45, 2.75) is 25.5 Å². The van der Waals surface area contributed by atoms with Gasteiger partial charge in [-0.3, -0.25) is 4.79 Å². The highest BCUT2D eigenvalue weighted by Gasteiger charge is 2.19. The Morgan fingerprint density at radius 3 is 2.12 bits per heavy atom. The summed E-state index contributed by atoms with van der Waals surface area (Å²) in [5.41, 5.74) is 4.30. The van der Waals surface area contributed by atoms with E-state index in [9.17, 15) is 4.79 Å². The lowest BCUT2D eigenvalue weighted by molar-refractivity contribution is -0.114. The van der Waals surface area contributed by atoms with Crippen molar-refractivity contribution in [2.75, 3.05) is 5.75 Å². The van der Waals surface area contributed by atoms with Crippen LogP contribution < -0.4 is 0 Å². The van der Waals surface area contributed by atoms with Crippen molar-refractivity contribution in [1.82, 2.24) is 9.55 Å². The highest BCUT2D eigenvalue weighted by Crippen LogP contribution is 2.35. The van der Waals surface area contributed by atoms with Crippen LogP contribution in [0.1, 0.15) is 13.8 Å². The van der Waals surface area contributed by atoms with Crippen LogP contribution >= 0.6 is 11.8 Å². The van der Waals surface area contributed by atoms with E-state index in [-0.39, 0.29) is 5.78 Å². The first kappa shape index (κ1) is 16.5. The second-order valence-corrected chi connectivity index (χ2v) is 6.50. The fraction of sp³-hybridized carbons (Fsp3) is 0.200. The van der Waals surface area contributed by atoms with Gasteiger partial charge < -0.3 is 4.57 Å². The lowest BCUT2D eigenvalue weighted by Gasteiger charge is -2.10. The Labute approximate surface area is 146 Å². The summed E-state index contributed by atoms with van der Waals surface area (Å²) in [6.45, 7) is 4.54. The molecule has 4 heteroatoms. The zero-order valence-corrected chi connectivity index (χ0v) is 14.7. The molecule has 0 N–H and O–H groups in total. The molecule has 0 aliphatic rings. The molecule has 1 aromatic heterocycles. The number of carbonyl (C=O) groups is 1. The standard InChI is InChI=1S/C20H20N2OS/c1-3-22-19(17-12-8-5-9-13-17)18(16-10-6-4-7-11-16)21-20(22)24-14-15(2)23/h4-13H,3,14H2,1-2H3. The van der Waals surface area contributed by atoms with E-state index in [1.807, 2.05) is 36.4 Å². The van der Waals surface area contributed by atoms with Crippen LogP contribution in [0.15, 0.2) is 65.8 Å². The third-order valence-corrected chi connectivity index (χ3v) is 4.87. The Morgan fingerprint density at radius 2 is 1.58 bits per heavy atom. The van der Waals surface area contributed by atoms with Gasteiger partial charge in [-0.2, -0.15) is 0 Å².